The fraction of sp³-hybridized carbons (Fsp3) is 0.143. The highest BCUT2D eigenvalue weighted by molar-refractivity contribution is 8.14. The first kappa shape index (κ1) is 31.8. The number of nitrogens with one attached hydrogen (secondary N) is 1. The number of carbonyl (C=O) groups excluding carboxylic acids is 3. The number of carbonyl (C=O) groups is 3. The van der Waals surface area contributed by atoms with Crippen LogP contribution in [0.15, 0.2) is 126 Å². The molecular weight excluding hydrogens is 574 g/mol. The molecule has 44 heavy (non-hydrogen) atoms. The molecule has 8 nitrogen and oxygen atoms in total. The molecule has 0 saturated carbocycles. The van der Waals surface area contributed by atoms with Crippen LogP contribution in [-0.2, 0) is 14.4 Å². The Balaban J connectivity index is 1.65. The molecule has 0 atom stereocenters. The van der Waals surface area contributed by atoms with Gasteiger partial charge in [0.05, 0.1) is 26.0 Å². The molecule has 0 saturated heterocycles. The number of benzene rings is 3. The number of amidine groups is 1. The van der Waals surface area contributed by atoms with Crippen LogP contribution in [-0.4, -0.2) is 47.8 Å². The third-order valence-electron chi connectivity index (χ3n) is 6.65. The predicted molar refractivity (Wildman–Crippen MR) is 175 cm³/mol. The number of amides is 3. The van der Waals surface area contributed by atoms with E-state index >= 15 is 0 Å². The molecule has 4 rings (SSSR count). The summed E-state index contributed by atoms with van der Waals surface area (Å²) in [5.74, 6) is -0.711. The highest BCUT2D eigenvalue weighted by atomic mass is 32.2. The van der Waals surface area contributed by atoms with Crippen molar-refractivity contribution in [2.45, 2.75) is 13.0 Å². The molecule has 224 valence electrons. The minimum atomic E-state index is -0.728. The van der Waals surface area contributed by atoms with E-state index in [1.807, 2.05) is 60.7 Å². The van der Waals surface area contributed by atoms with E-state index in [4.69, 9.17) is 9.47 Å². The summed E-state index contributed by atoms with van der Waals surface area (Å²) in [5.41, 5.74) is 2.62. The van der Waals surface area contributed by atoms with Gasteiger partial charge in [-0.05, 0) is 48.4 Å². The Bertz CT molecular complexity index is 1610. The van der Waals surface area contributed by atoms with Crippen molar-refractivity contribution in [2.75, 3.05) is 20.0 Å². The fourth-order valence-corrected chi connectivity index (χ4v) is 5.31. The zero-order chi connectivity index (χ0) is 31.5. The highest BCUT2D eigenvalue weighted by Crippen LogP contribution is 2.30. The number of ether oxygens (including phenoxy) is 2. The number of allylic oxidation sites excluding steroid dienone is 4. The van der Waals surface area contributed by atoms with Gasteiger partial charge in [-0.1, -0.05) is 97.2 Å². The Morgan fingerprint density at radius 3 is 2.23 bits per heavy atom. The molecule has 0 aliphatic carbocycles. The average Bonchev–Trinajstić information content (AvgIpc) is 3.06. The van der Waals surface area contributed by atoms with Gasteiger partial charge in [0.2, 0.25) is 5.91 Å². The van der Waals surface area contributed by atoms with Gasteiger partial charge in [-0.2, -0.15) is 4.99 Å². The number of methoxy groups -OCH3 is 2. The van der Waals surface area contributed by atoms with Gasteiger partial charge in [-0.25, -0.2) is 0 Å². The van der Waals surface area contributed by atoms with Crippen molar-refractivity contribution in [1.29, 1.82) is 0 Å². The number of rotatable bonds is 11. The first-order valence-electron chi connectivity index (χ1n) is 13.8. The zero-order valence-corrected chi connectivity index (χ0v) is 25.5. The molecule has 0 aromatic heterocycles. The molecular formula is C35H33N3O5S. The van der Waals surface area contributed by atoms with E-state index in [0.717, 1.165) is 22.9 Å². The SMILES string of the molecule is C=C/C=C\C(=C/C)N1C(=O)/C(=C/c2cc(OC)ccc2OC)C(=O)N=C1SCC(=O)NC(c1ccccc1)c1ccccc1. The molecule has 1 aliphatic heterocycles. The van der Waals surface area contributed by atoms with E-state index in [9.17, 15) is 14.4 Å². The van der Waals surface area contributed by atoms with Crippen molar-refractivity contribution in [3.8, 4) is 11.5 Å². The first-order valence-corrected chi connectivity index (χ1v) is 14.8. The Morgan fingerprint density at radius 2 is 1.66 bits per heavy atom. The van der Waals surface area contributed by atoms with Crippen LogP contribution < -0.4 is 14.8 Å². The van der Waals surface area contributed by atoms with E-state index in [0.29, 0.717) is 22.8 Å². The van der Waals surface area contributed by atoms with E-state index in [1.165, 1.54) is 25.2 Å². The normalized spacial score (nSPS) is 14.6. The van der Waals surface area contributed by atoms with Crippen molar-refractivity contribution in [3.63, 3.8) is 0 Å². The van der Waals surface area contributed by atoms with Crippen LogP contribution in [0.4, 0.5) is 0 Å². The maximum atomic E-state index is 13.9. The van der Waals surface area contributed by atoms with Gasteiger partial charge in [0, 0.05) is 11.3 Å². The molecule has 1 aliphatic rings. The van der Waals surface area contributed by atoms with Crippen LogP contribution in [0.1, 0.15) is 29.7 Å². The zero-order valence-electron chi connectivity index (χ0n) is 24.7. The van der Waals surface area contributed by atoms with E-state index in [2.05, 4.69) is 16.9 Å². The van der Waals surface area contributed by atoms with Gasteiger partial charge >= 0.3 is 0 Å². The molecule has 9 heteroatoms. The lowest BCUT2D eigenvalue weighted by atomic mass is 9.99. The van der Waals surface area contributed by atoms with Gasteiger partial charge in [-0.15, -0.1) is 0 Å². The van der Waals surface area contributed by atoms with Crippen molar-refractivity contribution in [2.24, 2.45) is 4.99 Å². The van der Waals surface area contributed by atoms with E-state index < -0.39 is 11.8 Å². The summed E-state index contributed by atoms with van der Waals surface area (Å²) in [6.07, 6.45) is 8.08. The van der Waals surface area contributed by atoms with Crippen molar-refractivity contribution in [3.05, 3.63) is 138 Å². The van der Waals surface area contributed by atoms with E-state index in [-0.39, 0.29) is 28.4 Å². The summed E-state index contributed by atoms with van der Waals surface area (Å²) in [5, 5.41) is 3.17. The van der Waals surface area contributed by atoms with E-state index in [1.54, 1.807) is 49.4 Å². The van der Waals surface area contributed by atoms with Gasteiger partial charge in [0.25, 0.3) is 11.8 Å². The van der Waals surface area contributed by atoms with Gasteiger partial charge < -0.3 is 14.8 Å². The van der Waals surface area contributed by atoms with Crippen LogP contribution in [0.2, 0.25) is 0 Å². The molecule has 1 heterocycles. The van der Waals surface area contributed by atoms with Crippen LogP contribution in [0.5, 0.6) is 11.5 Å². The highest BCUT2D eigenvalue weighted by Gasteiger charge is 2.35. The van der Waals surface area contributed by atoms with Crippen LogP contribution in [0.25, 0.3) is 6.08 Å². The molecule has 0 radical (unpaired) electrons. The summed E-state index contributed by atoms with van der Waals surface area (Å²) in [6.45, 7) is 5.47. The van der Waals surface area contributed by atoms with Crippen LogP contribution in [0, 0.1) is 0 Å². The van der Waals surface area contributed by atoms with Gasteiger partial charge in [0.1, 0.15) is 17.1 Å². The van der Waals surface area contributed by atoms with Gasteiger partial charge in [-0.3, -0.25) is 19.3 Å². The Morgan fingerprint density at radius 1 is 1.00 bits per heavy atom. The monoisotopic (exact) mass is 607 g/mol. The van der Waals surface area contributed by atoms with Crippen molar-refractivity contribution in [1.82, 2.24) is 10.2 Å². The lowest BCUT2D eigenvalue weighted by Crippen LogP contribution is -2.42. The molecule has 3 aromatic carbocycles. The van der Waals surface area contributed by atoms with Crippen LogP contribution in [0.3, 0.4) is 0 Å². The Labute approximate surface area is 261 Å². The lowest BCUT2D eigenvalue weighted by Gasteiger charge is -2.28. The summed E-state index contributed by atoms with van der Waals surface area (Å²) < 4.78 is 10.7. The standard InChI is InChI=1S/C35H33N3O5S/c1-5-7-18-27(6-2)38-34(41)29(22-26-21-28(42-3)19-20-30(26)43-4)33(40)37-35(38)44-23-31(39)36-32(24-14-10-8-11-15-24)25-16-12-9-13-17-25/h5-22,32H,1,23H2,2-4H3,(H,36,39)/b18-7-,27-6+,29-22+. The second kappa shape index (κ2) is 15.4. The largest absolute Gasteiger partial charge is 0.497 e. The number of nitrogens with zero attached hydrogens (tertiary/aromatic N) is 2. The summed E-state index contributed by atoms with van der Waals surface area (Å²) in [7, 11) is 3.02. The van der Waals surface area contributed by atoms with Crippen molar-refractivity contribution >= 4 is 40.7 Å². The molecule has 0 fully saturated rings. The second-order valence-electron chi connectivity index (χ2n) is 9.42. The quantitative estimate of drug-likeness (QED) is 0.161. The Hall–Kier alpha value is -5.15. The molecule has 1 N–H and O–H groups in total. The summed E-state index contributed by atoms with van der Waals surface area (Å²) >= 11 is 1.00. The minimum absolute atomic E-state index is 0.0858. The molecule has 0 spiro atoms. The minimum Gasteiger partial charge on any atom is -0.497 e. The smallest absolute Gasteiger partial charge is 0.285 e. The molecule has 0 bridgehead atoms. The molecule has 3 amide bonds. The number of hydrogen-bond donors (Lipinski definition) is 1. The fourth-order valence-electron chi connectivity index (χ4n) is 4.50. The molecule has 3 aromatic rings. The van der Waals surface area contributed by atoms with Gasteiger partial charge in [0.15, 0.2) is 5.17 Å². The third kappa shape index (κ3) is 7.62. The summed E-state index contributed by atoms with van der Waals surface area (Å²) in [6, 6.07) is 24.0. The third-order valence-corrected chi connectivity index (χ3v) is 7.59. The number of hydrogen-bond acceptors (Lipinski definition) is 6. The van der Waals surface area contributed by atoms with Crippen LogP contribution >= 0.6 is 11.8 Å². The van der Waals surface area contributed by atoms with Crippen molar-refractivity contribution < 1.29 is 23.9 Å². The topological polar surface area (TPSA) is 97.3 Å². The second-order valence-corrected chi connectivity index (χ2v) is 10.4. The summed E-state index contributed by atoms with van der Waals surface area (Å²) in [4.78, 5) is 46.1. The average molecular weight is 608 g/mol. The number of thioether (sulfide) groups is 1. The first-order chi connectivity index (χ1) is 21.4. The predicted octanol–water partition coefficient (Wildman–Crippen LogP) is 6.10. The molecule has 0 unspecified atom stereocenters. The Kier molecular flexibility index (Phi) is 11.1. The lowest BCUT2D eigenvalue weighted by molar-refractivity contribution is -0.126. The maximum absolute atomic E-state index is 13.9. The maximum Gasteiger partial charge on any atom is 0.285 e. The number of aliphatic imine (C=N–C) groups is 1.